The molecule has 0 spiro atoms. The third-order valence-corrected chi connectivity index (χ3v) is 4.30. The number of nitrogens with zero attached hydrogens (tertiary/aromatic N) is 2. The van der Waals surface area contributed by atoms with Crippen molar-refractivity contribution in [3.63, 3.8) is 0 Å². The minimum atomic E-state index is -0.979. The van der Waals surface area contributed by atoms with Gasteiger partial charge >= 0.3 is 12.0 Å². The van der Waals surface area contributed by atoms with Gasteiger partial charge in [0.15, 0.2) is 0 Å². The van der Waals surface area contributed by atoms with Crippen LogP contribution in [0.5, 0.6) is 0 Å². The highest BCUT2D eigenvalue weighted by atomic mass is 16.4. The summed E-state index contributed by atoms with van der Waals surface area (Å²) in [7, 11) is 0. The molecule has 130 valence electrons. The first-order chi connectivity index (χ1) is 10.9. The molecule has 1 unspecified atom stereocenters. The molecule has 2 N–H and O–H groups in total. The van der Waals surface area contributed by atoms with E-state index >= 15 is 0 Å². The summed E-state index contributed by atoms with van der Waals surface area (Å²) in [5.74, 6) is -1.00. The number of carbonyl (C=O) groups is 3. The van der Waals surface area contributed by atoms with Crippen LogP contribution in [0.2, 0.25) is 0 Å². The number of hydrogen-bond acceptors (Lipinski definition) is 3. The summed E-state index contributed by atoms with van der Waals surface area (Å²) in [6.07, 6.45) is 3.25. The molecule has 1 saturated heterocycles. The van der Waals surface area contributed by atoms with Gasteiger partial charge in [-0.1, -0.05) is 13.8 Å². The summed E-state index contributed by atoms with van der Waals surface area (Å²) < 4.78 is 0. The Morgan fingerprint density at radius 3 is 2.52 bits per heavy atom. The van der Waals surface area contributed by atoms with Gasteiger partial charge < -0.3 is 20.2 Å². The number of amides is 3. The normalized spacial score (nSPS) is 21.2. The number of urea groups is 1. The molecule has 3 amide bonds. The van der Waals surface area contributed by atoms with Crippen molar-refractivity contribution in [1.29, 1.82) is 0 Å². The van der Waals surface area contributed by atoms with Gasteiger partial charge in [-0.2, -0.15) is 0 Å². The van der Waals surface area contributed by atoms with Crippen LogP contribution in [0.1, 0.15) is 39.5 Å². The van der Waals surface area contributed by atoms with E-state index < -0.39 is 5.97 Å². The van der Waals surface area contributed by atoms with E-state index in [-0.39, 0.29) is 30.4 Å². The predicted octanol–water partition coefficient (Wildman–Crippen LogP) is 1.14. The molecular formula is C16H27N3O4. The molecule has 2 aliphatic rings. The maximum Gasteiger partial charge on any atom is 0.323 e. The molecular weight excluding hydrogens is 298 g/mol. The highest BCUT2D eigenvalue weighted by Crippen LogP contribution is 2.29. The molecule has 2 fully saturated rings. The van der Waals surface area contributed by atoms with Crippen LogP contribution in [0.25, 0.3) is 0 Å². The minimum Gasteiger partial charge on any atom is -0.480 e. The summed E-state index contributed by atoms with van der Waals surface area (Å²) in [5.41, 5.74) is 0. The van der Waals surface area contributed by atoms with Gasteiger partial charge in [0, 0.05) is 25.7 Å². The number of aliphatic carboxylic acids is 1. The molecule has 1 aliphatic carbocycles. The molecule has 1 heterocycles. The van der Waals surface area contributed by atoms with Crippen LogP contribution in [-0.2, 0) is 9.59 Å². The van der Waals surface area contributed by atoms with Crippen molar-refractivity contribution in [2.45, 2.75) is 45.6 Å². The number of carboxylic acids is 1. The lowest BCUT2D eigenvalue weighted by molar-refractivity contribution is -0.147. The lowest BCUT2D eigenvalue weighted by Gasteiger charge is -2.34. The first kappa shape index (κ1) is 17.6. The fourth-order valence-electron chi connectivity index (χ4n) is 2.92. The number of nitrogens with one attached hydrogen (secondary N) is 1. The van der Waals surface area contributed by atoms with Gasteiger partial charge in [0.2, 0.25) is 5.91 Å². The Bertz CT molecular complexity index is 462. The summed E-state index contributed by atoms with van der Waals surface area (Å²) in [4.78, 5) is 39.0. The minimum absolute atomic E-state index is 0.0729. The maximum atomic E-state index is 12.7. The zero-order chi connectivity index (χ0) is 17.0. The van der Waals surface area contributed by atoms with Crippen molar-refractivity contribution < 1.29 is 19.5 Å². The Morgan fingerprint density at radius 1 is 1.26 bits per heavy atom. The quantitative estimate of drug-likeness (QED) is 0.766. The molecule has 0 radical (unpaired) electrons. The number of hydrogen-bond donors (Lipinski definition) is 2. The Morgan fingerprint density at radius 2 is 1.96 bits per heavy atom. The molecule has 0 aromatic heterocycles. The second-order valence-electron chi connectivity index (χ2n) is 6.96. The first-order valence-electron chi connectivity index (χ1n) is 8.43. The summed E-state index contributed by atoms with van der Waals surface area (Å²) in [6, 6.07) is -0.0591. The fraction of sp³-hybridized carbons (Fsp3) is 0.812. The molecule has 2 rings (SSSR count). The summed E-state index contributed by atoms with van der Waals surface area (Å²) in [5, 5.41) is 11.9. The predicted molar refractivity (Wildman–Crippen MR) is 84.9 cm³/mol. The van der Waals surface area contributed by atoms with Crippen molar-refractivity contribution in [2.24, 2.45) is 11.8 Å². The van der Waals surface area contributed by atoms with Crippen LogP contribution < -0.4 is 5.32 Å². The van der Waals surface area contributed by atoms with E-state index in [0.29, 0.717) is 25.6 Å². The maximum absolute atomic E-state index is 12.7. The molecule has 1 atom stereocenters. The third-order valence-electron chi connectivity index (χ3n) is 4.30. The van der Waals surface area contributed by atoms with Gasteiger partial charge in [0.25, 0.3) is 0 Å². The second-order valence-corrected chi connectivity index (χ2v) is 6.96. The Hall–Kier alpha value is -1.79. The monoisotopic (exact) mass is 325 g/mol. The molecule has 0 aromatic rings. The van der Waals surface area contributed by atoms with Crippen LogP contribution in [0.3, 0.4) is 0 Å². The zero-order valence-electron chi connectivity index (χ0n) is 14.0. The zero-order valence-corrected chi connectivity index (χ0v) is 14.0. The number of likely N-dealkylation sites (tertiary alicyclic amines) is 1. The second kappa shape index (κ2) is 7.66. The molecule has 23 heavy (non-hydrogen) atoms. The van der Waals surface area contributed by atoms with Crippen molar-refractivity contribution >= 4 is 17.9 Å². The van der Waals surface area contributed by atoms with Crippen LogP contribution in [-0.4, -0.2) is 65.0 Å². The smallest absolute Gasteiger partial charge is 0.323 e. The average Bonchev–Trinajstić information content (AvgIpc) is 3.34. The third kappa shape index (κ3) is 5.11. The van der Waals surface area contributed by atoms with Gasteiger partial charge in [0.1, 0.15) is 6.54 Å². The van der Waals surface area contributed by atoms with E-state index in [9.17, 15) is 14.4 Å². The largest absolute Gasteiger partial charge is 0.480 e. The molecule has 7 nitrogen and oxygen atoms in total. The van der Waals surface area contributed by atoms with Gasteiger partial charge in [-0.15, -0.1) is 0 Å². The lowest BCUT2D eigenvalue weighted by atomic mass is 9.96. The van der Waals surface area contributed by atoms with Gasteiger partial charge in [0.05, 0.1) is 5.92 Å². The molecule has 1 aliphatic heterocycles. The molecule has 1 saturated carbocycles. The van der Waals surface area contributed by atoms with Gasteiger partial charge in [-0.05, 0) is 31.6 Å². The number of carboxylic acid groups (broad SMARTS) is 1. The van der Waals surface area contributed by atoms with Crippen LogP contribution >= 0.6 is 0 Å². The van der Waals surface area contributed by atoms with Crippen LogP contribution in [0.15, 0.2) is 0 Å². The van der Waals surface area contributed by atoms with E-state index in [0.717, 1.165) is 25.7 Å². The number of carbonyl (C=O) groups excluding carboxylic acids is 2. The van der Waals surface area contributed by atoms with Crippen LogP contribution in [0, 0.1) is 11.8 Å². The number of piperidine rings is 1. The van der Waals surface area contributed by atoms with E-state index in [1.807, 2.05) is 13.8 Å². The Kier molecular flexibility index (Phi) is 5.85. The Labute approximate surface area is 137 Å². The van der Waals surface area contributed by atoms with E-state index in [4.69, 9.17) is 5.11 Å². The van der Waals surface area contributed by atoms with Crippen molar-refractivity contribution in [2.75, 3.05) is 26.2 Å². The van der Waals surface area contributed by atoms with Gasteiger partial charge in [-0.25, -0.2) is 4.79 Å². The fourth-order valence-corrected chi connectivity index (χ4v) is 2.92. The first-order valence-corrected chi connectivity index (χ1v) is 8.43. The molecule has 7 heteroatoms. The summed E-state index contributed by atoms with van der Waals surface area (Å²) >= 11 is 0. The lowest BCUT2D eigenvalue weighted by Crippen LogP contribution is -2.51. The SMILES string of the molecule is CC(C)CNC(=O)N1CCCC(C(=O)N(CC(=O)O)C2CC2)C1. The summed E-state index contributed by atoms with van der Waals surface area (Å²) in [6.45, 7) is 5.47. The van der Waals surface area contributed by atoms with E-state index in [1.54, 1.807) is 4.90 Å². The van der Waals surface area contributed by atoms with E-state index in [2.05, 4.69) is 5.32 Å². The Balaban J connectivity index is 1.92. The standard InChI is InChI=1S/C16H27N3O4/c1-11(2)8-17-16(23)18-7-3-4-12(9-18)15(22)19(10-14(20)21)13-5-6-13/h11-13H,3-10H2,1-2H3,(H,17,23)(H,20,21). The van der Waals surface area contributed by atoms with Crippen molar-refractivity contribution in [1.82, 2.24) is 15.1 Å². The highest BCUT2D eigenvalue weighted by molar-refractivity contribution is 5.84. The van der Waals surface area contributed by atoms with Crippen molar-refractivity contribution in [3.8, 4) is 0 Å². The topological polar surface area (TPSA) is 90.0 Å². The molecule has 0 aromatic carbocycles. The van der Waals surface area contributed by atoms with Gasteiger partial charge in [-0.3, -0.25) is 9.59 Å². The van der Waals surface area contributed by atoms with Crippen molar-refractivity contribution in [3.05, 3.63) is 0 Å². The average molecular weight is 325 g/mol. The number of rotatable bonds is 6. The highest BCUT2D eigenvalue weighted by Gasteiger charge is 2.38. The van der Waals surface area contributed by atoms with Crippen LogP contribution in [0.4, 0.5) is 4.79 Å². The van der Waals surface area contributed by atoms with E-state index in [1.165, 1.54) is 4.90 Å². The molecule has 0 bridgehead atoms.